The molecule has 0 fully saturated rings. The third-order valence-electron chi connectivity index (χ3n) is 1.85. The Morgan fingerprint density at radius 3 is 2.82 bits per heavy atom. The standard InChI is InChI=1S/C10H18NO5P/c1-3-4-5-7-10(12)11-8-6-9-16-17(13,14)15-2/h1H,4-9H2,2H3,(H,11,12)(H,13,14). The van der Waals surface area contributed by atoms with Crippen LogP contribution in [0.4, 0.5) is 0 Å². The van der Waals surface area contributed by atoms with Gasteiger partial charge in [-0.25, -0.2) is 4.57 Å². The molecule has 0 aromatic rings. The molecule has 7 heteroatoms. The van der Waals surface area contributed by atoms with Crippen molar-refractivity contribution in [1.82, 2.24) is 5.32 Å². The molecule has 0 aliphatic carbocycles. The van der Waals surface area contributed by atoms with Gasteiger partial charge in [-0.2, -0.15) is 0 Å². The lowest BCUT2D eigenvalue weighted by Crippen LogP contribution is -2.24. The fraction of sp³-hybridized carbons (Fsp3) is 0.700. The maximum absolute atomic E-state index is 11.2. The SMILES string of the molecule is C#CCCCC(=O)NCCCOP(=O)(O)OC. The number of unbranched alkanes of at least 4 members (excludes halogenated alkanes) is 1. The van der Waals surface area contributed by atoms with Gasteiger partial charge < -0.3 is 10.2 Å². The Balaban J connectivity index is 3.43. The minimum Gasteiger partial charge on any atom is -0.356 e. The first-order chi connectivity index (χ1) is 8.02. The summed E-state index contributed by atoms with van der Waals surface area (Å²) in [7, 11) is -2.80. The Labute approximate surface area is 101 Å². The molecule has 0 rings (SSSR count). The van der Waals surface area contributed by atoms with E-state index in [2.05, 4.69) is 20.3 Å². The van der Waals surface area contributed by atoms with Crippen molar-refractivity contribution in [3.05, 3.63) is 0 Å². The summed E-state index contributed by atoms with van der Waals surface area (Å²) < 4.78 is 19.6. The van der Waals surface area contributed by atoms with Crippen LogP contribution in [0.2, 0.25) is 0 Å². The van der Waals surface area contributed by atoms with E-state index < -0.39 is 7.82 Å². The highest BCUT2D eigenvalue weighted by Gasteiger charge is 2.17. The van der Waals surface area contributed by atoms with Gasteiger partial charge in [0.1, 0.15) is 0 Å². The lowest BCUT2D eigenvalue weighted by Gasteiger charge is -2.09. The second-order valence-corrected chi connectivity index (χ2v) is 4.81. The number of phosphoric acid groups is 1. The Bertz CT molecular complexity index is 312. The number of nitrogens with one attached hydrogen (secondary N) is 1. The van der Waals surface area contributed by atoms with Gasteiger partial charge in [0.25, 0.3) is 0 Å². The highest BCUT2D eigenvalue weighted by atomic mass is 31.2. The van der Waals surface area contributed by atoms with E-state index in [-0.39, 0.29) is 12.5 Å². The molecule has 1 atom stereocenters. The highest BCUT2D eigenvalue weighted by Crippen LogP contribution is 2.41. The summed E-state index contributed by atoms with van der Waals surface area (Å²) in [5.41, 5.74) is 0. The Morgan fingerprint density at radius 1 is 1.53 bits per heavy atom. The van der Waals surface area contributed by atoms with Crippen LogP contribution in [0.3, 0.4) is 0 Å². The summed E-state index contributed by atoms with van der Waals surface area (Å²) in [4.78, 5) is 20.1. The summed E-state index contributed by atoms with van der Waals surface area (Å²) in [6.07, 6.45) is 7.12. The van der Waals surface area contributed by atoms with Crippen LogP contribution in [-0.4, -0.2) is 31.1 Å². The van der Waals surface area contributed by atoms with Gasteiger partial charge in [-0.1, -0.05) is 0 Å². The molecule has 0 radical (unpaired) electrons. The van der Waals surface area contributed by atoms with Gasteiger partial charge in [0.05, 0.1) is 6.61 Å². The Kier molecular flexibility index (Phi) is 8.73. The Hall–Kier alpha value is -0.860. The lowest BCUT2D eigenvalue weighted by molar-refractivity contribution is -0.121. The molecule has 0 bridgehead atoms. The predicted octanol–water partition coefficient (Wildman–Crippen LogP) is 1.06. The lowest BCUT2D eigenvalue weighted by atomic mass is 10.2. The number of hydrogen-bond donors (Lipinski definition) is 2. The number of carbonyl (C=O) groups is 1. The van der Waals surface area contributed by atoms with E-state index in [1.807, 2.05) is 0 Å². The molecular weight excluding hydrogens is 245 g/mol. The topological polar surface area (TPSA) is 84.9 Å². The first-order valence-corrected chi connectivity index (χ1v) is 6.74. The normalized spacial score (nSPS) is 13.7. The van der Waals surface area contributed by atoms with Crippen LogP contribution in [0.5, 0.6) is 0 Å². The largest absolute Gasteiger partial charge is 0.471 e. The van der Waals surface area contributed by atoms with Crippen molar-refractivity contribution in [3.8, 4) is 12.3 Å². The molecule has 2 N–H and O–H groups in total. The van der Waals surface area contributed by atoms with Crippen LogP contribution >= 0.6 is 7.82 Å². The number of phosphoric ester groups is 1. The third kappa shape index (κ3) is 10.0. The van der Waals surface area contributed by atoms with E-state index in [1.165, 1.54) is 0 Å². The zero-order valence-corrected chi connectivity index (χ0v) is 10.7. The number of amides is 1. The van der Waals surface area contributed by atoms with Crippen LogP contribution in [0, 0.1) is 12.3 Å². The van der Waals surface area contributed by atoms with Gasteiger partial charge in [0, 0.05) is 26.5 Å². The fourth-order valence-corrected chi connectivity index (χ4v) is 1.44. The second-order valence-electron chi connectivity index (χ2n) is 3.25. The zero-order valence-electron chi connectivity index (χ0n) is 9.85. The highest BCUT2D eigenvalue weighted by molar-refractivity contribution is 7.47. The maximum atomic E-state index is 11.2. The molecule has 0 saturated heterocycles. The van der Waals surface area contributed by atoms with Crippen molar-refractivity contribution >= 4 is 13.7 Å². The van der Waals surface area contributed by atoms with Gasteiger partial charge in [-0.3, -0.25) is 13.8 Å². The molecule has 0 aliphatic rings. The molecule has 1 unspecified atom stereocenters. The van der Waals surface area contributed by atoms with Crippen molar-refractivity contribution < 1.29 is 23.3 Å². The Morgan fingerprint density at radius 2 is 2.24 bits per heavy atom. The summed E-state index contributed by atoms with van der Waals surface area (Å²) in [6.45, 7) is 0.435. The van der Waals surface area contributed by atoms with Crippen LogP contribution in [-0.2, 0) is 18.4 Å². The van der Waals surface area contributed by atoms with Gasteiger partial charge in [-0.15, -0.1) is 12.3 Å². The first kappa shape index (κ1) is 16.1. The van der Waals surface area contributed by atoms with Crippen LogP contribution in [0.25, 0.3) is 0 Å². The summed E-state index contributed by atoms with van der Waals surface area (Å²) in [5, 5.41) is 2.65. The fourth-order valence-electron chi connectivity index (χ4n) is 0.972. The molecule has 1 amide bonds. The van der Waals surface area contributed by atoms with E-state index in [4.69, 9.17) is 11.3 Å². The molecule has 6 nitrogen and oxygen atoms in total. The average molecular weight is 263 g/mol. The van der Waals surface area contributed by atoms with E-state index in [9.17, 15) is 9.36 Å². The first-order valence-electron chi connectivity index (χ1n) is 5.25. The number of rotatable bonds is 9. The molecule has 0 aromatic heterocycles. The zero-order chi connectivity index (χ0) is 13.1. The van der Waals surface area contributed by atoms with Crippen molar-refractivity contribution in [1.29, 1.82) is 0 Å². The quantitative estimate of drug-likeness (QED) is 0.369. The van der Waals surface area contributed by atoms with Gasteiger partial charge in [-0.05, 0) is 12.8 Å². The minimum atomic E-state index is -3.89. The number of carbonyl (C=O) groups excluding carboxylic acids is 1. The van der Waals surface area contributed by atoms with Crippen molar-refractivity contribution in [2.45, 2.75) is 25.7 Å². The van der Waals surface area contributed by atoms with Crippen molar-refractivity contribution in [2.24, 2.45) is 0 Å². The van der Waals surface area contributed by atoms with E-state index >= 15 is 0 Å². The van der Waals surface area contributed by atoms with Crippen LogP contribution in [0.1, 0.15) is 25.7 Å². The summed E-state index contributed by atoms with van der Waals surface area (Å²) >= 11 is 0. The molecule has 0 aliphatic heterocycles. The van der Waals surface area contributed by atoms with Gasteiger partial charge >= 0.3 is 7.82 Å². The van der Waals surface area contributed by atoms with Gasteiger partial charge in [0.2, 0.25) is 5.91 Å². The second kappa shape index (κ2) is 9.20. The minimum absolute atomic E-state index is 0.0479. The number of hydrogen-bond acceptors (Lipinski definition) is 4. The summed E-state index contributed by atoms with van der Waals surface area (Å²) in [6, 6.07) is 0. The molecule has 0 heterocycles. The molecular formula is C10H18NO5P. The molecule has 98 valence electrons. The summed E-state index contributed by atoms with van der Waals surface area (Å²) in [5.74, 6) is 2.37. The molecule has 0 aromatic carbocycles. The van der Waals surface area contributed by atoms with Crippen LogP contribution < -0.4 is 5.32 Å². The smallest absolute Gasteiger partial charge is 0.356 e. The van der Waals surface area contributed by atoms with Crippen molar-refractivity contribution in [2.75, 3.05) is 20.3 Å². The molecule has 0 saturated carbocycles. The third-order valence-corrected chi connectivity index (χ3v) is 2.82. The van der Waals surface area contributed by atoms with E-state index in [1.54, 1.807) is 0 Å². The number of terminal acetylenes is 1. The van der Waals surface area contributed by atoms with Crippen molar-refractivity contribution in [3.63, 3.8) is 0 Å². The monoisotopic (exact) mass is 263 g/mol. The molecule has 0 spiro atoms. The predicted molar refractivity (Wildman–Crippen MR) is 63.1 cm³/mol. The maximum Gasteiger partial charge on any atom is 0.471 e. The van der Waals surface area contributed by atoms with E-state index in [0.717, 1.165) is 7.11 Å². The van der Waals surface area contributed by atoms with Crippen LogP contribution in [0.15, 0.2) is 0 Å². The van der Waals surface area contributed by atoms with E-state index in [0.29, 0.717) is 32.2 Å². The average Bonchev–Trinajstić information content (AvgIpc) is 2.29. The molecule has 17 heavy (non-hydrogen) atoms. The van der Waals surface area contributed by atoms with Gasteiger partial charge in [0.15, 0.2) is 0 Å².